The number of hydrogen-bond donors (Lipinski definition) is 0. The molecular formula is C16H26. The Kier molecular flexibility index (Phi) is 4.58. The summed E-state index contributed by atoms with van der Waals surface area (Å²) in [6, 6.07) is 0. The Hall–Kier alpha value is -0.780. The lowest BCUT2D eigenvalue weighted by atomic mass is 10.1. The summed E-state index contributed by atoms with van der Waals surface area (Å²) in [5.74, 6) is 1.57. The third-order valence-corrected chi connectivity index (χ3v) is 4.29. The van der Waals surface area contributed by atoms with Crippen molar-refractivity contribution in [3.63, 3.8) is 0 Å². The van der Waals surface area contributed by atoms with Crippen LogP contribution >= 0.6 is 0 Å². The molecule has 0 radical (unpaired) electrons. The van der Waals surface area contributed by atoms with E-state index in [-0.39, 0.29) is 0 Å². The van der Waals surface area contributed by atoms with E-state index >= 15 is 0 Å². The maximum Gasteiger partial charge on any atom is -0.0191 e. The fourth-order valence-electron chi connectivity index (χ4n) is 2.34. The molecule has 0 saturated heterocycles. The molecule has 0 aromatic heterocycles. The molecule has 0 aromatic rings. The minimum atomic E-state index is 0.697. The van der Waals surface area contributed by atoms with Gasteiger partial charge in [0.2, 0.25) is 0 Å². The van der Waals surface area contributed by atoms with Crippen LogP contribution in [0.3, 0.4) is 0 Å². The van der Waals surface area contributed by atoms with Crippen molar-refractivity contribution in [3.8, 4) is 0 Å². The second-order valence-corrected chi connectivity index (χ2v) is 5.47. The Labute approximate surface area is 101 Å². The van der Waals surface area contributed by atoms with Crippen molar-refractivity contribution < 1.29 is 0 Å². The van der Waals surface area contributed by atoms with Gasteiger partial charge < -0.3 is 0 Å². The highest BCUT2D eigenvalue weighted by molar-refractivity contribution is 5.31. The molecule has 0 N–H and O–H groups in total. The topological polar surface area (TPSA) is 0 Å². The van der Waals surface area contributed by atoms with Gasteiger partial charge >= 0.3 is 0 Å². The van der Waals surface area contributed by atoms with Gasteiger partial charge in [0.1, 0.15) is 0 Å². The lowest BCUT2D eigenvalue weighted by Gasteiger charge is -2.00. The molecule has 2 rings (SSSR count). The number of allylic oxidation sites excluding steroid dienone is 4. The van der Waals surface area contributed by atoms with Crippen LogP contribution in [-0.4, -0.2) is 0 Å². The Morgan fingerprint density at radius 3 is 1.62 bits per heavy atom. The Bertz CT molecular complexity index is 317. The molecule has 0 heteroatoms. The first-order chi connectivity index (χ1) is 7.43. The Morgan fingerprint density at radius 1 is 0.938 bits per heavy atom. The van der Waals surface area contributed by atoms with Crippen LogP contribution in [0.15, 0.2) is 35.5 Å². The summed E-state index contributed by atoms with van der Waals surface area (Å²) in [4.78, 5) is 0. The van der Waals surface area contributed by atoms with Crippen LogP contribution < -0.4 is 0 Å². The molecule has 1 fully saturated rings. The maximum atomic E-state index is 3.92. The van der Waals surface area contributed by atoms with Crippen LogP contribution in [0.25, 0.3) is 0 Å². The largest absolute Gasteiger partial charge is 0.0956 e. The van der Waals surface area contributed by atoms with E-state index in [2.05, 4.69) is 40.9 Å². The van der Waals surface area contributed by atoms with Gasteiger partial charge in [-0.2, -0.15) is 0 Å². The number of rotatable bonds is 0. The molecule has 1 saturated carbocycles. The zero-order chi connectivity index (χ0) is 12.3. The second-order valence-electron chi connectivity index (χ2n) is 5.47. The molecule has 2 atom stereocenters. The lowest BCUT2D eigenvalue weighted by Crippen LogP contribution is -1.86. The fraction of sp³-hybridized carbons (Fsp3) is 0.625. The highest BCUT2D eigenvalue weighted by Crippen LogP contribution is 2.32. The lowest BCUT2D eigenvalue weighted by molar-refractivity contribution is 0.669. The molecule has 2 unspecified atom stereocenters. The van der Waals surface area contributed by atoms with E-state index in [0.717, 1.165) is 5.92 Å². The smallest absolute Gasteiger partial charge is 0.0191 e. The summed E-state index contributed by atoms with van der Waals surface area (Å²) in [6.45, 7) is 16.8. The zero-order valence-electron chi connectivity index (χ0n) is 11.4. The molecule has 2 aliphatic rings. The average Bonchev–Trinajstić information content (AvgIpc) is 2.70. The van der Waals surface area contributed by atoms with Crippen molar-refractivity contribution in [2.24, 2.45) is 11.8 Å². The van der Waals surface area contributed by atoms with Gasteiger partial charge in [-0.15, -0.1) is 0 Å². The number of hydrogen-bond acceptors (Lipinski definition) is 0. The summed E-state index contributed by atoms with van der Waals surface area (Å²) in [5, 5.41) is 0. The molecular weight excluding hydrogens is 192 g/mol. The molecule has 0 aliphatic heterocycles. The molecule has 0 nitrogen and oxygen atoms in total. The van der Waals surface area contributed by atoms with Crippen LogP contribution in [0.5, 0.6) is 0 Å². The standard InChI is InChI=1S/C8H14.C8H12/c2*1-6-4-5-7(2)8(6)3/h6H,4-5H2,1-3H3;7H,1,3-5H2,2H3. The first-order valence-electron chi connectivity index (χ1n) is 6.46. The molecule has 0 heterocycles. The first kappa shape index (κ1) is 13.3. The molecule has 0 aromatic carbocycles. The molecule has 16 heavy (non-hydrogen) atoms. The highest BCUT2D eigenvalue weighted by Gasteiger charge is 2.16. The van der Waals surface area contributed by atoms with Gasteiger partial charge in [-0.1, -0.05) is 43.7 Å². The van der Waals surface area contributed by atoms with Gasteiger partial charge in [-0.05, 0) is 56.9 Å². The third-order valence-electron chi connectivity index (χ3n) is 4.29. The van der Waals surface area contributed by atoms with Crippen molar-refractivity contribution in [3.05, 3.63) is 35.5 Å². The van der Waals surface area contributed by atoms with Crippen LogP contribution in [-0.2, 0) is 0 Å². The Morgan fingerprint density at radius 2 is 1.50 bits per heavy atom. The zero-order valence-corrected chi connectivity index (χ0v) is 11.4. The van der Waals surface area contributed by atoms with Gasteiger partial charge in [0.15, 0.2) is 0 Å². The fourth-order valence-corrected chi connectivity index (χ4v) is 2.34. The van der Waals surface area contributed by atoms with E-state index < -0.39 is 0 Å². The summed E-state index contributed by atoms with van der Waals surface area (Å²) < 4.78 is 0. The van der Waals surface area contributed by atoms with Gasteiger partial charge in [-0.3, -0.25) is 0 Å². The monoisotopic (exact) mass is 218 g/mol. The van der Waals surface area contributed by atoms with Crippen LogP contribution in [0.4, 0.5) is 0 Å². The van der Waals surface area contributed by atoms with Crippen molar-refractivity contribution in [2.75, 3.05) is 0 Å². The molecule has 0 spiro atoms. The minimum Gasteiger partial charge on any atom is -0.0956 e. The van der Waals surface area contributed by atoms with Gasteiger partial charge in [0.05, 0.1) is 0 Å². The van der Waals surface area contributed by atoms with Crippen LogP contribution in [0.1, 0.15) is 53.4 Å². The van der Waals surface area contributed by atoms with Crippen molar-refractivity contribution in [2.45, 2.75) is 53.4 Å². The first-order valence-corrected chi connectivity index (χ1v) is 6.46. The SMILES string of the molecule is C=C1CCC(C)C1=C.CC1=C(C)C(C)CC1. The Balaban J connectivity index is 0.000000160. The molecule has 0 amide bonds. The minimum absolute atomic E-state index is 0.697. The highest BCUT2D eigenvalue weighted by atomic mass is 14.2. The molecule has 0 bridgehead atoms. The second kappa shape index (κ2) is 5.52. The van der Waals surface area contributed by atoms with E-state index in [9.17, 15) is 0 Å². The maximum absolute atomic E-state index is 3.92. The quantitative estimate of drug-likeness (QED) is 0.485. The normalized spacial score (nSPS) is 29.5. The molecule has 2 aliphatic carbocycles. The summed E-state index contributed by atoms with van der Waals surface area (Å²) in [5.41, 5.74) is 5.78. The van der Waals surface area contributed by atoms with Gasteiger partial charge in [0, 0.05) is 0 Å². The van der Waals surface area contributed by atoms with Crippen LogP contribution in [0, 0.1) is 11.8 Å². The van der Waals surface area contributed by atoms with Crippen molar-refractivity contribution in [1.82, 2.24) is 0 Å². The average molecular weight is 218 g/mol. The van der Waals surface area contributed by atoms with Crippen molar-refractivity contribution in [1.29, 1.82) is 0 Å². The van der Waals surface area contributed by atoms with E-state index in [1.807, 2.05) is 0 Å². The third kappa shape index (κ3) is 3.10. The van der Waals surface area contributed by atoms with E-state index in [1.165, 1.54) is 36.8 Å². The van der Waals surface area contributed by atoms with Crippen LogP contribution in [0.2, 0.25) is 0 Å². The molecule has 90 valence electrons. The van der Waals surface area contributed by atoms with E-state index in [4.69, 9.17) is 0 Å². The van der Waals surface area contributed by atoms with Gasteiger partial charge in [-0.25, -0.2) is 0 Å². The predicted molar refractivity (Wildman–Crippen MR) is 73.5 cm³/mol. The van der Waals surface area contributed by atoms with Crippen molar-refractivity contribution >= 4 is 0 Å². The summed E-state index contributed by atoms with van der Waals surface area (Å²) in [6.07, 6.45) is 5.16. The predicted octanol–water partition coefficient (Wildman–Crippen LogP) is 5.28. The van der Waals surface area contributed by atoms with Gasteiger partial charge in [0.25, 0.3) is 0 Å². The van der Waals surface area contributed by atoms with E-state index in [0.29, 0.717) is 5.92 Å². The summed E-state index contributed by atoms with van der Waals surface area (Å²) in [7, 11) is 0. The van der Waals surface area contributed by atoms with E-state index in [1.54, 1.807) is 11.1 Å². The summed E-state index contributed by atoms with van der Waals surface area (Å²) >= 11 is 0.